The molecule has 2 aromatic carbocycles. The van der Waals surface area contributed by atoms with E-state index in [4.69, 9.17) is 0 Å². The number of fused-ring (bicyclic) bond motifs is 1. The molecule has 5 heteroatoms. The molecule has 4 nitrogen and oxygen atoms in total. The number of amides is 2. The molecule has 1 heterocycles. The van der Waals surface area contributed by atoms with Crippen molar-refractivity contribution in [2.45, 2.75) is 26.7 Å². The van der Waals surface area contributed by atoms with Crippen LogP contribution < -0.4 is 10.2 Å². The molecule has 24 heavy (non-hydrogen) atoms. The van der Waals surface area contributed by atoms with E-state index in [-0.39, 0.29) is 11.8 Å². The van der Waals surface area contributed by atoms with E-state index in [0.29, 0.717) is 18.7 Å². The third-order valence-corrected chi connectivity index (χ3v) is 4.63. The van der Waals surface area contributed by atoms with Gasteiger partial charge in [-0.25, -0.2) is 0 Å². The molecule has 0 fully saturated rings. The van der Waals surface area contributed by atoms with Gasteiger partial charge in [-0.1, -0.05) is 45.8 Å². The van der Waals surface area contributed by atoms with Crippen LogP contribution in [-0.2, 0) is 22.4 Å². The molecule has 0 aromatic heterocycles. The Balaban J connectivity index is 1.83. The second-order valence-corrected chi connectivity index (χ2v) is 7.01. The third-order valence-electron chi connectivity index (χ3n) is 4.17. The highest BCUT2D eigenvalue weighted by atomic mass is 79.9. The lowest BCUT2D eigenvalue weighted by Crippen LogP contribution is -2.27. The monoisotopic (exact) mass is 386 g/mol. The Morgan fingerprint density at radius 3 is 2.58 bits per heavy atom. The third kappa shape index (κ3) is 3.51. The van der Waals surface area contributed by atoms with Crippen LogP contribution in [0.3, 0.4) is 0 Å². The van der Waals surface area contributed by atoms with E-state index in [0.717, 1.165) is 27.7 Å². The van der Waals surface area contributed by atoms with Gasteiger partial charge >= 0.3 is 0 Å². The maximum Gasteiger partial charge on any atom is 0.228 e. The molecule has 0 unspecified atom stereocenters. The van der Waals surface area contributed by atoms with E-state index in [9.17, 15) is 9.59 Å². The van der Waals surface area contributed by atoms with Gasteiger partial charge in [-0.3, -0.25) is 9.59 Å². The molecule has 1 aliphatic heterocycles. The Morgan fingerprint density at radius 2 is 1.92 bits per heavy atom. The zero-order valence-corrected chi connectivity index (χ0v) is 15.3. The Hall–Kier alpha value is -2.14. The Kier molecular flexibility index (Phi) is 4.71. The van der Waals surface area contributed by atoms with Crippen LogP contribution in [0.2, 0.25) is 0 Å². The topological polar surface area (TPSA) is 49.4 Å². The summed E-state index contributed by atoms with van der Waals surface area (Å²) >= 11 is 3.48. The van der Waals surface area contributed by atoms with Gasteiger partial charge in [0.1, 0.15) is 0 Å². The first-order chi connectivity index (χ1) is 11.4. The summed E-state index contributed by atoms with van der Waals surface area (Å²) in [6.45, 7) is 4.22. The number of hydrogen-bond acceptors (Lipinski definition) is 2. The molecule has 0 atom stereocenters. The first-order valence-corrected chi connectivity index (χ1v) is 8.69. The summed E-state index contributed by atoms with van der Waals surface area (Å²) in [6.07, 6.45) is 1.11. The molecular formula is C19H19BrN2O2. The highest BCUT2D eigenvalue weighted by molar-refractivity contribution is 9.10. The van der Waals surface area contributed by atoms with Crippen LogP contribution in [0.1, 0.15) is 23.6 Å². The number of nitrogens with one attached hydrogen (secondary N) is 1. The van der Waals surface area contributed by atoms with Crippen LogP contribution in [0.25, 0.3) is 0 Å². The van der Waals surface area contributed by atoms with Crippen molar-refractivity contribution in [1.82, 2.24) is 0 Å². The van der Waals surface area contributed by atoms with E-state index in [1.54, 1.807) is 11.8 Å². The van der Waals surface area contributed by atoms with Crippen LogP contribution in [0.15, 0.2) is 40.9 Å². The van der Waals surface area contributed by atoms with E-state index < -0.39 is 0 Å². The average molecular weight is 387 g/mol. The van der Waals surface area contributed by atoms with Crippen molar-refractivity contribution in [3.05, 3.63) is 57.6 Å². The van der Waals surface area contributed by atoms with Gasteiger partial charge in [-0.05, 0) is 36.6 Å². The van der Waals surface area contributed by atoms with E-state index in [2.05, 4.69) is 21.2 Å². The van der Waals surface area contributed by atoms with Crippen LogP contribution in [-0.4, -0.2) is 18.4 Å². The second-order valence-electron chi connectivity index (χ2n) is 6.09. The number of anilines is 2. The fraction of sp³-hybridized carbons (Fsp3) is 0.263. The number of halogens is 1. The summed E-state index contributed by atoms with van der Waals surface area (Å²) in [5, 5.41) is 2.97. The van der Waals surface area contributed by atoms with Crippen molar-refractivity contribution in [3.8, 4) is 0 Å². The SMILES string of the molecule is CC(=O)N1CCc2cc(Br)cc(NC(=O)Cc3ccc(C)cc3)c21. The minimum Gasteiger partial charge on any atom is -0.324 e. The quantitative estimate of drug-likeness (QED) is 0.870. The number of hydrogen-bond donors (Lipinski definition) is 1. The van der Waals surface area contributed by atoms with Gasteiger partial charge in [0, 0.05) is 17.9 Å². The molecule has 0 aliphatic carbocycles. The number of aryl methyl sites for hydroxylation is 1. The molecule has 2 amide bonds. The summed E-state index contributed by atoms with van der Waals surface area (Å²) in [5.74, 6) is -0.0975. The molecule has 0 bridgehead atoms. The van der Waals surface area contributed by atoms with Crippen LogP contribution in [0.4, 0.5) is 11.4 Å². The first kappa shape index (κ1) is 16.7. The van der Waals surface area contributed by atoms with Crippen molar-refractivity contribution in [2.24, 2.45) is 0 Å². The van der Waals surface area contributed by atoms with Gasteiger partial charge in [0.05, 0.1) is 17.8 Å². The molecule has 3 rings (SSSR count). The number of rotatable bonds is 3. The molecular weight excluding hydrogens is 368 g/mol. The van der Waals surface area contributed by atoms with Crippen LogP contribution >= 0.6 is 15.9 Å². The predicted octanol–water partition coefficient (Wildman–Crippen LogP) is 3.85. The average Bonchev–Trinajstić information content (AvgIpc) is 2.93. The molecule has 0 saturated heterocycles. The largest absolute Gasteiger partial charge is 0.324 e. The smallest absolute Gasteiger partial charge is 0.228 e. The van der Waals surface area contributed by atoms with Crippen molar-refractivity contribution in [3.63, 3.8) is 0 Å². The maximum absolute atomic E-state index is 12.4. The van der Waals surface area contributed by atoms with Gasteiger partial charge in [0.2, 0.25) is 11.8 Å². The fourth-order valence-electron chi connectivity index (χ4n) is 3.00. The number of nitrogens with zero attached hydrogens (tertiary/aromatic N) is 1. The lowest BCUT2D eigenvalue weighted by Gasteiger charge is -2.19. The summed E-state index contributed by atoms with van der Waals surface area (Å²) in [6, 6.07) is 11.8. The molecule has 1 aliphatic rings. The zero-order valence-electron chi connectivity index (χ0n) is 13.7. The van der Waals surface area contributed by atoms with E-state index >= 15 is 0 Å². The highest BCUT2D eigenvalue weighted by Gasteiger charge is 2.26. The number of benzene rings is 2. The van der Waals surface area contributed by atoms with Crippen molar-refractivity contribution in [1.29, 1.82) is 0 Å². The van der Waals surface area contributed by atoms with Crippen LogP contribution in [0, 0.1) is 6.92 Å². The minimum absolute atomic E-state index is 0.00916. The maximum atomic E-state index is 12.4. The van der Waals surface area contributed by atoms with Gasteiger partial charge in [-0.15, -0.1) is 0 Å². The molecule has 0 radical (unpaired) electrons. The normalized spacial score (nSPS) is 12.9. The van der Waals surface area contributed by atoms with Crippen molar-refractivity contribution in [2.75, 3.05) is 16.8 Å². The molecule has 1 N–H and O–H groups in total. The molecule has 0 saturated carbocycles. The summed E-state index contributed by atoms with van der Waals surface area (Å²) < 4.78 is 0.900. The minimum atomic E-state index is -0.0884. The van der Waals surface area contributed by atoms with Crippen molar-refractivity contribution < 1.29 is 9.59 Å². The number of carbonyl (C=O) groups is 2. The Bertz CT molecular complexity index is 800. The highest BCUT2D eigenvalue weighted by Crippen LogP contribution is 2.38. The summed E-state index contributed by atoms with van der Waals surface area (Å²) in [5.41, 5.74) is 4.71. The van der Waals surface area contributed by atoms with E-state index in [1.165, 1.54) is 5.56 Å². The van der Waals surface area contributed by atoms with E-state index in [1.807, 2.05) is 43.3 Å². The second kappa shape index (κ2) is 6.77. The Labute approximate surface area is 150 Å². The lowest BCUT2D eigenvalue weighted by molar-refractivity contribution is -0.117. The Morgan fingerprint density at radius 1 is 1.21 bits per heavy atom. The summed E-state index contributed by atoms with van der Waals surface area (Å²) in [7, 11) is 0. The van der Waals surface area contributed by atoms with Gasteiger partial charge < -0.3 is 10.2 Å². The predicted molar refractivity (Wildman–Crippen MR) is 99.4 cm³/mol. The zero-order chi connectivity index (χ0) is 17.3. The van der Waals surface area contributed by atoms with Gasteiger partial charge in [-0.2, -0.15) is 0 Å². The van der Waals surface area contributed by atoms with Crippen LogP contribution in [0.5, 0.6) is 0 Å². The standard InChI is InChI=1S/C19H19BrN2O2/c1-12-3-5-14(6-4-12)9-18(24)21-17-11-16(20)10-15-7-8-22(13(2)23)19(15)17/h3-6,10-11H,7-9H2,1-2H3,(H,21,24). The summed E-state index contributed by atoms with van der Waals surface area (Å²) in [4.78, 5) is 26.0. The lowest BCUT2D eigenvalue weighted by atomic mass is 10.1. The molecule has 2 aromatic rings. The number of carbonyl (C=O) groups excluding carboxylic acids is 2. The molecule has 0 spiro atoms. The van der Waals surface area contributed by atoms with Gasteiger partial charge in [0.15, 0.2) is 0 Å². The van der Waals surface area contributed by atoms with Crippen molar-refractivity contribution >= 4 is 39.1 Å². The first-order valence-electron chi connectivity index (χ1n) is 7.90. The van der Waals surface area contributed by atoms with Gasteiger partial charge in [0.25, 0.3) is 0 Å². The fourth-order valence-corrected chi connectivity index (χ4v) is 3.51. The molecule has 124 valence electrons.